The molecular weight excluding hydrogens is 246 g/mol. The number of hydrogen-bond acceptors (Lipinski definition) is 1. The summed E-state index contributed by atoms with van der Waals surface area (Å²) in [6.45, 7) is 8.34. The first-order chi connectivity index (χ1) is 9.59. The van der Waals surface area contributed by atoms with Crippen LogP contribution in [0.4, 0.5) is 0 Å². The fraction of sp³-hybridized carbons (Fsp3) is 0.588. The number of guanidine groups is 1. The first kappa shape index (κ1) is 16.5. The highest BCUT2D eigenvalue weighted by Crippen LogP contribution is 2.31. The molecule has 0 aliphatic carbocycles. The zero-order chi connectivity index (χ0) is 15.0. The van der Waals surface area contributed by atoms with Crippen molar-refractivity contribution in [2.75, 3.05) is 27.2 Å². The molecule has 0 bridgehead atoms. The maximum absolute atomic E-state index is 4.83. The zero-order valence-corrected chi connectivity index (χ0v) is 13.6. The molecule has 0 unspecified atom stereocenters. The highest BCUT2D eigenvalue weighted by atomic mass is 15.3. The molecule has 1 aromatic rings. The predicted molar refractivity (Wildman–Crippen MR) is 88.4 cm³/mol. The Morgan fingerprint density at radius 1 is 1.10 bits per heavy atom. The van der Waals surface area contributed by atoms with Crippen LogP contribution in [0.5, 0.6) is 0 Å². The number of rotatable bonds is 6. The Balaban J connectivity index is 3.00. The van der Waals surface area contributed by atoms with Crippen molar-refractivity contribution in [3.05, 3.63) is 35.9 Å². The molecule has 0 spiro atoms. The number of nitrogens with one attached hydrogen (secondary N) is 1. The number of nitrogens with zero attached hydrogens (tertiary/aromatic N) is 2. The fourth-order valence-corrected chi connectivity index (χ4v) is 2.50. The quantitative estimate of drug-likeness (QED) is 0.637. The molecule has 0 heterocycles. The summed E-state index contributed by atoms with van der Waals surface area (Å²) in [6.07, 6.45) is 2.20. The van der Waals surface area contributed by atoms with Crippen molar-refractivity contribution >= 4 is 5.96 Å². The van der Waals surface area contributed by atoms with Gasteiger partial charge in [-0.3, -0.25) is 4.99 Å². The molecule has 0 amide bonds. The summed E-state index contributed by atoms with van der Waals surface area (Å²) < 4.78 is 0. The number of benzene rings is 1. The van der Waals surface area contributed by atoms with Crippen molar-refractivity contribution in [3.63, 3.8) is 0 Å². The Labute approximate surface area is 124 Å². The summed E-state index contributed by atoms with van der Waals surface area (Å²) in [5.74, 6) is 0.967. The smallest absolute Gasteiger partial charge is 0.193 e. The van der Waals surface area contributed by atoms with Gasteiger partial charge >= 0.3 is 0 Å². The second kappa shape index (κ2) is 7.93. The monoisotopic (exact) mass is 275 g/mol. The molecule has 0 saturated carbocycles. The summed E-state index contributed by atoms with van der Waals surface area (Å²) >= 11 is 0. The molecule has 0 saturated heterocycles. The minimum atomic E-state index is 0.137. The molecule has 112 valence electrons. The van der Waals surface area contributed by atoms with Gasteiger partial charge in [0.2, 0.25) is 0 Å². The Morgan fingerprint density at radius 3 is 2.15 bits per heavy atom. The van der Waals surface area contributed by atoms with E-state index in [4.69, 9.17) is 4.99 Å². The molecule has 3 heteroatoms. The summed E-state index contributed by atoms with van der Waals surface area (Å²) in [6, 6.07) is 10.8. The Morgan fingerprint density at radius 2 is 1.70 bits per heavy atom. The molecule has 0 aromatic heterocycles. The number of hydrogen-bond donors (Lipinski definition) is 1. The second-order valence-corrected chi connectivity index (χ2v) is 5.42. The van der Waals surface area contributed by atoms with E-state index in [0.29, 0.717) is 0 Å². The van der Waals surface area contributed by atoms with Crippen LogP contribution >= 0.6 is 0 Å². The van der Waals surface area contributed by atoms with Gasteiger partial charge in [-0.1, -0.05) is 44.2 Å². The third kappa shape index (κ3) is 3.99. The fourth-order valence-electron chi connectivity index (χ4n) is 2.50. The van der Waals surface area contributed by atoms with E-state index < -0.39 is 0 Å². The highest BCUT2D eigenvalue weighted by Gasteiger charge is 2.28. The minimum absolute atomic E-state index is 0.137. The first-order valence-corrected chi connectivity index (χ1v) is 7.60. The average molecular weight is 275 g/mol. The Kier molecular flexibility index (Phi) is 6.56. The van der Waals surface area contributed by atoms with Crippen LogP contribution in [0, 0.1) is 0 Å². The van der Waals surface area contributed by atoms with E-state index in [-0.39, 0.29) is 5.41 Å². The van der Waals surface area contributed by atoms with E-state index in [9.17, 15) is 0 Å². The predicted octanol–water partition coefficient (Wildman–Crippen LogP) is 3.27. The van der Waals surface area contributed by atoms with Gasteiger partial charge in [0.05, 0.1) is 6.54 Å². The van der Waals surface area contributed by atoms with Crippen LogP contribution in [0.15, 0.2) is 35.3 Å². The minimum Gasteiger partial charge on any atom is -0.357 e. The zero-order valence-electron chi connectivity index (χ0n) is 13.6. The Bertz CT molecular complexity index is 406. The molecule has 1 aromatic carbocycles. The van der Waals surface area contributed by atoms with Crippen molar-refractivity contribution < 1.29 is 0 Å². The Hall–Kier alpha value is -1.51. The van der Waals surface area contributed by atoms with Gasteiger partial charge < -0.3 is 10.2 Å². The van der Waals surface area contributed by atoms with Gasteiger partial charge in [-0.05, 0) is 25.3 Å². The van der Waals surface area contributed by atoms with E-state index >= 15 is 0 Å². The molecule has 0 aliphatic rings. The van der Waals surface area contributed by atoms with E-state index in [1.54, 1.807) is 0 Å². The molecule has 1 rings (SSSR count). The summed E-state index contributed by atoms with van der Waals surface area (Å²) in [4.78, 5) is 6.88. The molecule has 0 fully saturated rings. The molecule has 3 nitrogen and oxygen atoms in total. The highest BCUT2D eigenvalue weighted by molar-refractivity contribution is 5.79. The van der Waals surface area contributed by atoms with Crippen LogP contribution in [0.1, 0.15) is 39.2 Å². The van der Waals surface area contributed by atoms with Crippen molar-refractivity contribution in [1.29, 1.82) is 0 Å². The maximum Gasteiger partial charge on any atom is 0.193 e. The van der Waals surface area contributed by atoms with E-state index in [0.717, 1.165) is 31.9 Å². The van der Waals surface area contributed by atoms with Gasteiger partial charge in [0.15, 0.2) is 5.96 Å². The van der Waals surface area contributed by atoms with Gasteiger partial charge in [-0.25, -0.2) is 0 Å². The first-order valence-electron chi connectivity index (χ1n) is 7.60. The number of aliphatic imine (C=N–C) groups is 1. The largest absolute Gasteiger partial charge is 0.357 e. The van der Waals surface area contributed by atoms with Crippen molar-refractivity contribution in [2.45, 2.75) is 39.0 Å². The van der Waals surface area contributed by atoms with Crippen LogP contribution in [0.2, 0.25) is 0 Å². The van der Waals surface area contributed by atoms with Crippen molar-refractivity contribution in [2.24, 2.45) is 4.99 Å². The van der Waals surface area contributed by atoms with Crippen LogP contribution in [0.3, 0.4) is 0 Å². The summed E-state index contributed by atoms with van der Waals surface area (Å²) in [5.41, 5.74) is 1.53. The summed E-state index contributed by atoms with van der Waals surface area (Å²) in [5, 5.41) is 3.33. The van der Waals surface area contributed by atoms with Crippen molar-refractivity contribution in [1.82, 2.24) is 10.2 Å². The molecule has 20 heavy (non-hydrogen) atoms. The van der Waals surface area contributed by atoms with Gasteiger partial charge in [-0.2, -0.15) is 0 Å². The SMILES string of the molecule is CCNC(=NCC(CC)(CC)c1ccccc1)N(C)C. The van der Waals surface area contributed by atoms with E-state index in [1.165, 1.54) is 5.56 Å². The second-order valence-electron chi connectivity index (χ2n) is 5.42. The topological polar surface area (TPSA) is 27.6 Å². The third-order valence-corrected chi connectivity index (χ3v) is 4.03. The maximum atomic E-state index is 4.83. The van der Waals surface area contributed by atoms with E-state index in [1.807, 2.05) is 19.0 Å². The van der Waals surface area contributed by atoms with Gasteiger partial charge in [0.25, 0.3) is 0 Å². The molecule has 0 radical (unpaired) electrons. The standard InChI is InChI=1S/C17H29N3/c1-6-17(7-2,15-12-10-9-11-13-15)14-19-16(18-8-3)20(4)5/h9-13H,6-8,14H2,1-5H3,(H,18,19). The molecular formula is C17H29N3. The lowest BCUT2D eigenvalue weighted by Gasteiger charge is -2.31. The molecule has 1 N–H and O–H groups in total. The molecule has 0 atom stereocenters. The summed E-state index contributed by atoms with van der Waals surface area (Å²) in [7, 11) is 4.06. The lowest BCUT2D eigenvalue weighted by molar-refractivity contribution is 0.404. The van der Waals surface area contributed by atoms with E-state index in [2.05, 4.69) is 56.4 Å². The van der Waals surface area contributed by atoms with Gasteiger partial charge in [-0.15, -0.1) is 0 Å². The third-order valence-electron chi connectivity index (χ3n) is 4.03. The van der Waals surface area contributed by atoms with Gasteiger partial charge in [0, 0.05) is 26.1 Å². The lowest BCUT2D eigenvalue weighted by atomic mass is 9.76. The van der Waals surface area contributed by atoms with Crippen LogP contribution in [-0.4, -0.2) is 38.0 Å². The average Bonchev–Trinajstić information content (AvgIpc) is 2.48. The normalized spacial score (nSPS) is 12.3. The van der Waals surface area contributed by atoms with Crippen LogP contribution in [0.25, 0.3) is 0 Å². The van der Waals surface area contributed by atoms with Crippen molar-refractivity contribution in [3.8, 4) is 0 Å². The van der Waals surface area contributed by atoms with Crippen LogP contribution in [-0.2, 0) is 5.41 Å². The van der Waals surface area contributed by atoms with Gasteiger partial charge in [0.1, 0.15) is 0 Å². The lowest BCUT2D eigenvalue weighted by Crippen LogP contribution is -2.38. The van der Waals surface area contributed by atoms with Crippen LogP contribution < -0.4 is 5.32 Å². The molecule has 0 aliphatic heterocycles.